The summed E-state index contributed by atoms with van der Waals surface area (Å²) in [4.78, 5) is 33.8. The number of nitro benzene ring substituents is 1. The number of ether oxygens (including phenoxy) is 2. The fourth-order valence-electron chi connectivity index (χ4n) is 1.82. The molecule has 0 fully saturated rings. The summed E-state index contributed by atoms with van der Waals surface area (Å²) < 4.78 is 10.5. The van der Waals surface area contributed by atoms with E-state index in [0.29, 0.717) is 10.0 Å². The normalized spacial score (nSPS) is 10.0. The van der Waals surface area contributed by atoms with Gasteiger partial charge in [0.1, 0.15) is 0 Å². The third-order valence-electron chi connectivity index (χ3n) is 2.95. The molecule has 0 spiro atoms. The summed E-state index contributed by atoms with van der Waals surface area (Å²) in [6.07, 6.45) is 0. The number of esters is 1. The molecule has 2 rings (SSSR count). The van der Waals surface area contributed by atoms with Crippen molar-refractivity contribution in [2.24, 2.45) is 0 Å². The van der Waals surface area contributed by atoms with Crippen molar-refractivity contribution in [1.82, 2.24) is 0 Å². The smallest absolute Gasteiger partial charge is 0.344 e. The maximum atomic E-state index is 12.0. The molecule has 0 heterocycles. The summed E-state index contributed by atoms with van der Waals surface area (Å²) in [6, 6.07) is 12.4. The van der Waals surface area contributed by atoms with Crippen LogP contribution in [-0.4, -0.2) is 29.9 Å². The molecule has 0 aliphatic heterocycles. The van der Waals surface area contributed by atoms with E-state index in [-0.39, 0.29) is 17.2 Å². The average Bonchev–Trinajstić information content (AvgIpc) is 2.58. The van der Waals surface area contributed by atoms with E-state index in [2.05, 4.69) is 15.9 Å². The van der Waals surface area contributed by atoms with Gasteiger partial charge in [0.15, 0.2) is 19.0 Å². The number of nitro groups is 1. The molecule has 0 saturated heterocycles. The van der Waals surface area contributed by atoms with Gasteiger partial charge in [-0.05, 0) is 12.1 Å². The van der Waals surface area contributed by atoms with Crippen LogP contribution in [0.1, 0.15) is 10.4 Å². The molecule has 0 N–H and O–H groups in total. The number of Topliss-reactive ketones (excluding diaryl/α,β-unsaturated/α-hetero) is 1. The largest absolute Gasteiger partial charge is 0.475 e. The SMILES string of the molecule is O=C(COc1ccccc1[N+](=O)[O-])OCC(=O)c1ccccc1Br. The first kappa shape index (κ1) is 17.6. The summed E-state index contributed by atoms with van der Waals surface area (Å²) in [7, 11) is 0. The number of benzene rings is 2. The Kier molecular flexibility index (Phi) is 6.02. The third-order valence-corrected chi connectivity index (χ3v) is 3.64. The zero-order valence-corrected chi connectivity index (χ0v) is 13.9. The molecule has 24 heavy (non-hydrogen) atoms. The first-order valence-electron chi connectivity index (χ1n) is 6.78. The summed E-state index contributed by atoms with van der Waals surface area (Å²) in [6.45, 7) is -0.976. The monoisotopic (exact) mass is 393 g/mol. The van der Waals surface area contributed by atoms with Gasteiger partial charge in [0.2, 0.25) is 5.78 Å². The third kappa shape index (κ3) is 4.63. The van der Waals surface area contributed by atoms with Crippen molar-refractivity contribution in [2.75, 3.05) is 13.2 Å². The second kappa shape index (κ2) is 8.21. The van der Waals surface area contributed by atoms with E-state index >= 15 is 0 Å². The highest BCUT2D eigenvalue weighted by Gasteiger charge is 2.16. The Morgan fingerprint density at radius 3 is 2.42 bits per heavy atom. The number of halogens is 1. The van der Waals surface area contributed by atoms with Crippen molar-refractivity contribution >= 4 is 33.4 Å². The molecule has 8 heteroatoms. The molecule has 2 aromatic rings. The predicted molar refractivity (Wildman–Crippen MR) is 88.0 cm³/mol. The number of hydrogen-bond donors (Lipinski definition) is 0. The maximum Gasteiger partial charge on any atom is 0.344 e. The Bertz CT molecular complexity index is 777. The summed E-state index contributed by atoms with van der Waals surface area (Å²) >= 11 is 3.24. The van der Waals surface area contributed by atoms with E-state index in [0.717, 1.165) is 0 Å². The molecule has 0 aliphatic rings. The van der Waals surface area contributed by atoms with E-state index in [1.807, 2.05) is 0 Å². The topological polar surface area (TPSA) is 95.7 Å². The summed E-state index contributed by atoms with van der Waals surface area (Å²) in [5.74, 6) is -1.22. The Labute approximate surface area is 145 Å². The lowest BCUT2D eigenvalue weighted by molar-refractivity contribution is -0.385. The second-order valence-electron chi connectivity index (χ2n) is 4.58. The second-order valence-corrected chi connectivity index (χ2v) is 5.43. The number of ketones is 1. The molecule has 0 bridgehead atoms. The highest BCUT2D eigenvalue weighted by molar-refractivity contribution is 9.10. The first-order chi connectivity index (χ1) is 11.5. The van der Waals surface area contributed by atoms with Crippen LogP contribution >= 0.6 is 15.9 Å². The molecule has 124 valence electrons. The van der Waals surface area contributed by atoms with E-state index in [1.165, 1.54) is 18.2 Å². The van der Waals surface area contributed by atoms with Crippen LogP contribution in [0.5, 0.6) is 5.75 Å². The van der Waals surface area contributed by atoms with E-state index in [1.54, 1.807) is 30.3 Å². The molecule has 0 radical (unpaired) electrons. The molecule has 0 unspecified atom stereocenters. The van der Waals surface area contributed by atoms with Crippen LogP contribution < -0.4 is 4.74 Å². The van der Waals surface area contributed by atoms with Crippen molar-refractivity contribution in [3.8, 4) is 5.75 Å². The molecule has 7 nitrogen and oxygen atoms in total. The maximum absolute atomic E-state index is 12.0. The average molecular weight is 394 g/mol. The quantitative estimate of drug-likeness (QED) is 0.310. The highest BCUT2D eigenvalue weighted by atomic mass is 79.9. The molecule has 0 aromatic heterocycles. The zero-order valence-electron chi connectivity index (χ0n) is 12.3. The van der Waals surface area contributed by atoms with E-state index in [4.69, 9.17) is 9.47 Å². The van der Waals surface area contributed by atoms with Gasteiger partial charge in [-0.2, -0.15) is 0 Å². The number of carbonyl (C=O) groups excluding carboxylic acids is 2. The van der Waals surface area contributed by atoms with Gasteiger partial charge in [-0.3, -0.25) is 14.9 Å². The fraction of sp³-hybridized carbons (Fsp3) is 0.125. The first-order valence-corrected chi connectivity index (χ1v) is 7.58. The fourth-order valence-corrected chi connectivity index (χ4v) is 2.33. The van der Waals surface area contributed by atoms with Gasteiger partial charge in [-0.1, -0.05) is 46.3 Å². The van der Waals surface area contributed by atoms with Crippen molar-refractivity contribution in [3.63, 3.8) is 0 Å². The lowest BCUT2D eigenvalue weighted by Crippen LogP contribution is -2.20. The van der Waals surface area contributed by atoms with Gasteiger partial charge in [0, 0.05) is 16.1 Å². The van der Waals surface area contributed by atoms with Crippen molar-refractivity contribution in [1.29, 1.82) is 0 Å². The molecule has 0 aliphatic carbocycles. The summed E-state index contributed by atoms with van der Waals surface area (Å²) in [5, 5.41) is 10.8. The zero-order chi connectivity index (χ0) is 17.5. The minimum absolute atomic E-state index is 0.0448. The molecule has 2 aromatic carbocycles. The predicted octanol–water partition coefficient (Wildman–Crippen LogP) is 3.16. The number of rotatable bonds is 7. The lowest BCUT2D eigenvalue weighted by Gasteiger charge is -2.07. The standard InChI is InChI=1S/C16H12BrNO6/c17-12-6-2-1-5-11(12)14(19)9-24-16(20)10-23-15-8-4-3-7-13(15)18(21)22/h1-8H,9-10H2. The number of carbonyl (C=O) groups is 2. The minimum atomic E-state index is -0.798. The molecular weight excluding hydrogens is 382 g/mol. The number of para-hydroxylation sites is 2. The van der Waals surface area contributed by atoms with E-state index in [9.17, 15) is 19.7 Å². The van der Waals surface area contributed by atoms with Gasteiger partial charge in [-0.15, -0.1) is 0 Å². The Hall–Kier alpha value is -2.74. The minimum Gasteiger partial charge on any atom is -0.475 e. The number of hydrogen-bond acceptors (Lipinski definition) is 6. The van der Waals surface area contributed by atoms with Crippen LogP contribution in [0, 0.1) is 10.1 Å². The van der Waals surface area contributed by atoms with Crippen molar-refractivity contribution in [2.45, 2.75) is 0 Å². The van der Waals surface area contributed by atoms with Gasteiger partial charge in [-0.25, -0.2) is 4.79 Å². The molecule has 0 saturated carbocycles. The van der Waals surface area contributed by atoms with Gasteiger partial charge in [0.05, 0.1) is 4.92 Å². The number of nitrogens with zero attached hydrogens (tertiary/aromatic N) is 1. The Morgan fingerprint density at radius 2 is 1.71 bits per heavy atom. The highest BCUT2D eigenvalue weighted by Crippen LogP contribution is 2.25. The van der Waals surface area contributed by atoms with Crippen LogP contribution in [0.15, 0.2) is 53.0 Å². The van der Waals surface area contributed by atoms with Crippen LogP contribution in [0.4, 0.5) is 5.69 Å². The van der Waals surface area contributed by atoms with Crippen LogP contribution in [-0.2, 0) is 9.53 Å². The van der Waals surface area contributed by atoms with Crippen molar-refractivity contribution in [3.05, 3.63) is 68.7 Å². The lowest BCUT2D eigenvalue weighted by atomic mass is 10.1. The van der Waals surface area contributed by atoms with E-state index < -0.39 is 24.1 Å². The molecule has 0 amide bonds. The van der Waals surface area contributed by atoms with Gasteiger partial charge >= 0.3 is 11.7 Å². The molecular formula is C16H12BrNO6. The van der Waals surface area contributed by atoms with Crippen LogP contribution in [0.25, 0.3) is 0 Å². The van der Waals surface area contributed by atoms with Gasteiger partial charge in [0.25, 0.3) is 0 Å². The Balaban J connectivity index is 1.87. The van der Waals surface area contributed by atoms with Gasteiger partial charge < -0.3 is 9.47 Å². The van der Waals surface area contributed by atoms with Crippen molar-refractivity contribution < 1.29 is 24.0 Å². The Morgan fingerprint density at radius 1 is 1.04 bits per heavy atom. The molecule has 0 atom stereocenters. The van der Waals surface area contributed by atoms with Crippen LogP contribution in [0.3, 0.4) is 0 Å². The summed E-state index contributed by atoms with van der Waals surface area (Å²) in [5.41, 5.74) is 0.138. The van der Waals surface area contributed by atoms with Crippen LogP contribution in [0.2, 0.25) is 0 Å².